The number of phenols is 1. The van der Waals surface area contributed by atoms with Gasteiger partial charge in [0.15, 0.2) is 0 Å². The first-order valence-electron chi connectivity index (χ1n) is 12.1. The Morgan fingerprint density at radius 1 is 0.974 bits per heavy atom. The molecule has 0 radical (unpaired) electrons. The van der Waals surface area contributed by atoms with Gasteiger partial charge < -0.3 is 19.5 Å². The molecule has 2 amide bonds. The Balaban J connectivity index is 1.21. The highest BCUT2D eigenvalue weighted by Crippen LogP contribution is 2.24. The van der Waals surface area contributed by atoms with Crippen molar-refractivity contribution in [3.05, 3.63) is 94.1 Å². The predicted octanol–water partition coefficient (Wildman–Crippen LogP) is 4.77. The average Bonchev–Trinajstić information content (AvgIpc) is 3.34. The standard InChI is InChI=1S/C28H25Cl2N5O3/c29-21-5-7-22(8-6-21)33-12-14-34(15-13-33)27(37)18-35-11-10-23-20(2-1-3-25(23)35)17-31-32-28(38)19-4-9-26(36)24(30)16-19/h1-11,16-17,36H,12-15,18H2,(H,32,38). The molecule has 194 valence electrons. The van der Waals surface area contributed by atoms with E-state index in [-0.39, 0.29) is 28.8 Å². The molecular weight excluding hydrogens is 525 g/mol. The third-order valence-electron chi connectivity index (χ3n) is 6.56. The quantitative estimate of drug-likeness (QED) is 0.268. The number of fused-ring (bicyclic) bond motifs is 1. The van der Waals surface area contributed by atoms with E-state index >= 15 is 0 Å². The molecule has 5 rings (SSSR count). The summed E-state index contributed by atoms with van der Waals surface area (Å²) < 4.78 is 1.93. The summed E-state index contributed by atoms with van der Waals surface area (Å²) in [6, 6.07) is 19.6. The minimum Gasteiger partial charge on any atom is -0.506 e. The van der Waals surface area contributed by atoms with Crippen LogP contribution >= 0.6 is 23.2 Å². The lowest BCUT2D eigenvalue weighted by Crippen LogP contribution is -2.49. The summed E-state index contributed by atoms with van der Waals surface area (Å²) in [5.41, 5.74) is 5.56. The van der Waals surface area contributed by atoms with Crippen molar-refractivity contribution in [2.75, 3.05) is 31.1 Å². The lowest BCUT2D eigenvalue weighted by molar-refractivity contribution is -0.132. The van der Waals surface area contributed by atoms with E-state index in [1.165, 1.54) is 18.2 Å². The fourth-order valence-electron chi connectivity index (χ4n) is 4.48. The molecule has 1 aliphatic heterocycles. The van der Waals surface area contributed by atoms with Gasteiger partial charge in [0.2, 0.25) is 5.91 Å². The molecule has 1 aromatic heterocycles. The Morgan fingerprint density at radius 2 is 1.74 bits per heavy atom. The lowest BCUT2D eigenvalue weighted by atomic mass is 10.1. The highest BCUT2D eigenvalue weighted by molar-refractivity contribution is 6.32. The van der Waals surface area contributed by atoms with Gasteiger partial charge in [-0.15, -0.1) is 0 Å². The molecule has 3 aromatic carbocycles. The minimum absolute atomic E-state index is 0.0668. The number of piperazine rings is 1. The average molecular weight is 550 g/mol. The summed E-state index contributed by atoms with van der Waals surface area (Å²) >= 11 is 11.9. The third-order valence-corrected chi connectivity index (χ3v) is 7.11. The van der Waals surface area contributed by atoms with Crippen molar-refractivity contribution in [1.29, 1.82) is 0 Å². The number of halogens is 2. The maximum absolute atomic E-state index is 13.1. The Hall–Kier alpha value is -4.01. The Bertz CT molecular complexity index is 1510. The number of hydrogen-bond acceptors (Lipinski definition) is 5. The number of phenolic OH excluding ortho intramolecular Hbond substituents is 1. The zero-order valence-electron chi connectivity index (χ0n) is 20.3. The molecule has 0 aliphatic carbocycles. The van der Waals surface area contributed by atoms with Crippen molar-refractivity contribution >= 4 is 57.8 Å². The second-order valence-electron chi connectivity index (χ2n) is 8.93. The van der Waals surface area contributed by atoms with Crippen LogP contribution in [-0.4, -0.2) is 58.8 Å². The first kappa shape index (κ1) is 25.6. The van der Waals surface area contributed by atoms with E-state index in [2.05, 4.69) is 15.4 Å². The largest absolute Gasteiger partial charge is 0.506 e. The Morgan fingerprint density at radius 3 is 2.47 bits per heavy atom. The van der Waals surface area contributed by atoms with Gasteiger partial charge in [-0.25, -0.2) is 5.43 Å². The molecule has 1 saturated heterocycles. The number of amides is 2. The van der Waals surface area contributed by atoms with Crippen molar-refractivity contribution < 1.29 is 14.7 Å². The first-order valence-corrected chi connectivity index (χ1v) is 12.8. The summed E-state index contributed by atoms with van der Waals surface area (Å²) in [7, 11) is 0. The summed E-state index contributed by atoms with van der Waals surface area (Å²) in [6.45, 7) is 3.09. The van der Waals surface area contributed by atoms with Crippen molar-refractivity contribution in [3.8, 4) is 5.75 Å². The van der Waals surface area contributed by atoms with E-state index in [0.29, 0.717) is 18.1 Å². The molecule has 2 heterocycles. The van der Waals surface area contributed by atoms with E-state index in [1.807, 2.05) is 64.2 Å². The fraction of sp³-hybridized carbons (Fsp3) is 0.179. The number of rotatable bonds is 6. The highest BCUT2D eigenvalue weighted by atomic mass is 35.5. The number of anilines is 1. The number of hydrogen-bond donors (Lipinski definition) is 2. The van der Waals surface area contributed by atoms with Gasteiger partial charge in [-0.2, -0.15) is 5.10 Å². The van der Waals surface area contributed by atoms with Gasteiger partial charge in [0.05, 0.1) is 11.2 Å². The Kier molecular flexibility index (Phi) is 7.53. The number of nitrogens with one attached hydrogen (secondary N) is 1. The van der Waals surface area contributed by atoms with E-state index in [1.54, 1.807) is 6.21 Å². The number of benzene rings is 3. The third kappa shape index (κ3) is 5.61. The highest BCUT2D eigenvalue weighted by Gasteiger charge is 2.22. The SMILES string of the molecule is O=C(NN=Cc1cccc2c1ccn2CC(=O)N1CCN(c2ccc(Cl)cc2)CC1)c1ccc(O)c(Cl)c1. The van der Waals surface area contributed by atoms with Crippen molar-refractivity contribution in [1.82, 2.24) is 14.9 Å². The Labute approximate surface area is 229 Å². The van der Waals surface area contributed by atoms with Gasteiger partial charge in [-0.05, 0) is 54.6 Å². The lowest BCUT2D eigenvalue weighted by Gasteiger charge is -2.36. The van der Waals surface area contributed by atoms with Crippen LogP contribution < -0.4 is 10.3 Å². The summed E-state index contributed by atoms with van der Waals surface area (Å²) in [5, 5.41) is 15.3. The number of aromatic hydroxyl groups is 1. The van der Waals surface area contributed by atoms with Crippen LogP contribution in [0.25, 0.3) is 10.9 Å². The van der Waals surface area contributed by atoms with Gasteiger partial charge >= 0.3 is 0 Å². The van der Waals surface area contributed by atoms with Crippen LogP contribution in [0.15, 0.2) is 78.0 Å². The monoisotopic (exact) mass is 549 g/mol. The number of hydrazone groups is 1. The van der Waals surface area contributed by atoms with Crippen LogP contribution in [0.3, 0.4) is 0 Å². The molecule has 0 saturated carbocycles. The molecule has 38 heavy (non-hydrogen) atoms. The van der Waals surface area contributed by atoms with Crippen molar-refractivity contribution in [2.45, 2.75) is 6.54 Å². The fourth-order valence-corrected chi connectivity index (χ4v) is 4.79. The molecular formula is C28H25Cl2N5O3. The summed E-state index contributed by atoms with van der Waals surface area (Å²) in [4.78, 5) is 29.6. The van der Waals surface area contributed by atoms with E-state index in [9.17, 15) is 14.7 Å². The smallest absolute Gasteiger partial charge is 0.271 e. The van der Waals surface area contributed by atoms with Crippen LogP contribution in [-0.2, 0) is 11.3 Å². The second kappa shape index (κ2) is 11.2. The zero-order chi connectivity index (χ0) is 26.6. The van der Waals surface area contributed by atoms with Gasteiger partial charge in [-0.1, -0.05) is 35.3 Å². The molecule has 10 heteroatoms. The number of aromatic nitrogens is 1. The molecule has 1 fully saturated rings. The predicted molar refractivity (Wildman–Crippen MR) is 150 cm³/mol. The van der Waals surface area contributed by atoms with Crippen LogP contribution in [0, 0.1) is 0 Å². The minimum atomic E-state index is -0.449. The number of carbonyl (C=O) groups excluding carboxylic acids is 2. The zero-order valence-corrected chi connectivity index (χ0v) is 21.9. The van der Waals surface area contributed by atoms with E-state index in [4.69, 9.17) is 23.2 Å². The molecule has 2 N–H and O–H groups in total. The summed E-state index contributed by atoms with van der Waals surface area (Å²) in [6.07, 6.45) is 3.45. The molecule has 4 aromatic rings. The maximum Gasteiger partial charge on any atom is 0.271 e. The maximum atomic E-state index is 13.1. The molecule has 0 bridgehead atoms. The van der Waals surface area contributed by atoms with Crippen LogP contribution in [0.1, 0.15) is 15.9 Å². The van der Waals surface area contributed by atoms with Crippen molar-refractivity contribution in [3.63, 3.8) is 0 Å². The summed E-state index contributed by atoms with van der Waals surface area (Å²) in [5.74, 6) is -0.478. The number of carbonyl (C=O) groups is 2. The van der Waals surface area contributed by atoms with Gasteiger partial charge in [0.25, 0.3) is 5.91 Å². The molecule has 0 atom stereocenters. The van der Waals surface area contributed by atoms with Crippen molar-refractivity contribution in [2.24, 2.45) is 5.10 Å². The van der Waals surface area contributed by atoms with E-state index < -0.39 is 5.91 Å². The second-order valence-corrected chi connectivity index (χ2v) is 9.78. The topological polar surface area (TPSA) is 90.2 Å². The van der Waals surface area contributed by atoms with Gasteiger partial charge in [0, 0.05) is 65.1 Å². The van der Waals surface area contributed by atoms with Gasteiger partial charge in [-0.3, -0.25) is 9.59 Å². The molecule has 1 aliphatic rings. The van der Waals surface area contributed by atoms with Gasteiger partial charge in [0.1, 0.15) is 12.3 Å². The molecule has 0 spiro atoms. The number of nitrogens with zero attached hydrogens (tertiary/aromatic N) is 4. The molecule has 0 unspecified atom stereocenters. The van der Waals surface area contributed by atoms with E-state index in [0.717, 1.165) is 35.2 Å². The van der Waals surface area contributed by atoms with Crippen LogP contribution in [0.2, 0.25) is 10.0 Å². The van der Waals surface area contributed by atoms with Crippen LogP contribution in [0.4, 0.5) is 5.69 Å². The first-order chi connectivity index (χ1) is 18.4. The molecule has 8 nitrogen and oxygen atoms in total. The normalized spacial score (nSPS) is 13.8. The van der Waals surface area contributed by atoms with Crippen LogP contribution in [0.5, 0.6) is 5.75 Å².